The maximum atomic E-state index is 12.6. The number of nitro groups is 1. The molecule has 0 saturated heterocycles. The second-order valence-electron chi connectivity index (χ2n) is 8.14. The van der Waals surface area contributed by atoms with E-state index in [0.29, 0.717) is 12.1 Å². The Bertz CT molecular complexity index is 1220. The van der Waals surface area contributed by atoms with Crippen LogP contribution in [0.5, 0.6) is 5.88 Å². The standard InChI is InChI=1S/C26H25F3N4O3/c1-2-3-6-15-32(25-23(33(34)35)13-14-24(31-25)36-18-26(27,28)29)17-19-9-11-20(12-10-19)22-8-5-4-7-21(22)16-30/h4-5,7-14H,2-3,6,15,17-18H2,1H3. The Morgan fingerprint density at radius 1 is 1.08 bits per heavy atom. The number of alkyl halides is 3. The minimum atomic E-state index is -4.56. The van der Waals surface area contributed by atoms with Crippen LogP contribution in [0, 0.1) is 21.4 Å². The number of hydrogen-bond acceptors (Lipinski definition) is 6. The molecule has 10 heteroatoms. The Hall–Kier alpha value is -4.13. The van der Waals surface area contributed by atoms with Gasteiger partial charge in [-0.05, 0) is 29.2 Å². The van der Waals surface area contributed by atoms with Crippen molar-refractivity contribution in [3.63, 3.8) is 0 Å². The lowest BCUT2D eigenvalue weighted by Gasteiger charge is -2.24. The van der Waals surface area contributed by atoms with Gasteiger partial charge in [-0.25, -0.2) is 0 Å². The van der Waals surface area contributed by atoms with Crippen LogP contribution in [0.1, 0.15) is 37.3 Å². The van der Waals surface area contributed by atoms with Gasteiger partial charge in [0.1, 0.15) is 0 Å². The van der Waals surface area contributed by atoms with Crippen molar-refractivity contribution in [1.29, 1.82) is 5.26 Å². The number of hydrogen-bond donors (Lipinski definition) is 0. The molecule has 0 amide bonds. The Kier molecular flexibility index (Phi) is 8.84. The van der Waals surface area contributed by atoms with Gasteiger partial charge in [-0.3, -0.25) is 10.1 Å². The number of nitrogens with zero attached hydrogens (tertiary/aromatic N) is 4. The summed E-state index contributed by atoms with van der Waals surface area (Å²) >= 11 is 0. The van der Waals surface area contributed by atoms with Gasteiger partial charge >= 0.3 is 11.9 Å². The summed E-state index contributed by atoms with van der Waals surface area (Å²) in [5.74, 6) is -0.383. The molecule has 0 atom stereocenters. The summed E-state index contributed by atoms with van der Waals surface area (Å²) in [6, 6.07) is 19.0. The van der Waals surface area contributed by atoms with E-state index < -0.39 is 17.7 Å². The number of unbranched alkanes of at least 4 members (excludes halogenated alkanes) is 2. The van der Waals surface area contributed by atoms with E-state index in [1.54, 1.807) is 17.0 Å². The molecule has 188 valence electrons. The van der Waals surface area contributed by atoms with Gasteiger partial charge < -0.3 is 9.64 Å². The quantitative estimate of drug-likeness (QED) is 0.167. The summed E-state index contributed by atoms with van der Waals surface area (Å²) in [5.41, 5.74) is 2.69. The highest BCUT2D eigenvalue weighted by Gasteiger charge is 2.29. The van der Waals surface area contributed by atoms with E-state index >= 15 is 0 Å². The summed E-state index contributed by atoms with van der Waals surface area (Å²) in [6.07, 6.45) is -2.05. The van der Waals surface area contributed by atoms with Crippen molar-refractivity contribution in [1.82, 2.24) is 4.98 Å². The molecule has 3 rings (SSSR count). The van der Waals surface area contributed by atoms with Crippen LogP contribution in [0.3, 0.4) is 0 Å². The van der Waals surface area contributed by atoms with Gasteiger partial charge in [-0.1, -0.05) is 62.2 Å². The van der Waals surface area contributed by atoms with Crippen LogP contribution in [0.2, 0.25) is 0 Å². The third-order valence-electron chi connectivity index (χ3n) is 5.43. The number of rotatable bonds is 11. The maximum Gasteiger partial charge on any atom is 0.422 e. The summed E-state index contributed by atoms with van der Waals surface area (Å²) in [6.45, 7) is 1.15. The number of ether oxygens (including phenoxy) is 1. The number of benzene rings is 2. The summed E-state index contributed by atoms with van der Waals surface area (Å²) < 4.78 is 42.6. The highest BCUT2D eigenvalue weighted by molar-refractivity contribution is 5.70. The molecule has 2 aromatic carbocycles. The minimum absolute atomic E-state index is 0.0466. The average molecular weight is 499 g/mol. The number of nitriles is 1. The molecule has 0 aliphatic rings. The van der Waals surface area contributed by atoms with Gasteiger partial charge in [0, 0.05) is 25.2 Å². The van der Waals surface area contributed by atoms with Crippen molar-refractivity contribution < 1.29 is 22.8 Å². The molecule has 0 saturated carbocycles. The zero-order valence-corrected chi connectivity index (χ0v) is 19.7. The molecule has 7 nitrogen and oxygen atoms in total. The predicted molar refractivity (Wildman–Crippen MR) is 130 cm³/mol. The highest BCUT2D eigenvalue weighted by Crippen LogP contribution is 2.31. The van der Waals surface area contributed by atoms with Crippen LogP contribution in [-0.4, -0.2) is 29.2 Å². The Labute approximate surface area is 206 Å². The molecular formula is C26H25F3N4O3. The first-order valence-electron chi connectivity index (χ1n) is 11.4. The first-order valence-corrected chi connectivity index (χ1v) is 11.4. The lowest BCUT2D eigenvalue weighted by Crippen LogP contribution is -2.26. The van der Waals surface area contributed by atoms with Crippen LogP contribution in [0.25, 0.3) is 11.1 Å². The van der Waals surface area contributed by atoms with Gasteiger partial charge in [0.25, 0.3) is 0 Å². The van der Waals surface area contributed by atoms with Crippen molar-refractivity contribution in [3.05, 3.63) is 81.9 Å². The van der Waals surface area contributed by atoms with Crippen LogP contribution in [0.4, 0.5) is 24.7 Å². The fourth-order valence-corrected chi connectivity index (χ4v) is 3.69. The van der Waals surface area contributed by atoms with Gasteiger partial charge in [0.05, 0.1) is 16.6 Å². The summed E-state index contributed by atoms with van der Waals surface area (Å²) in [5, 5.41) is 21.1. The van der Waals surface area contributed by atoms with Crippen LogP contribution < -0.4 is 9.64 Å². The van der Waals surface area contributed by atoms with E-state index in [-0.39, 0.29) is 23.9 Å². The molecule has 0 aliphatic carbocycles. The number of aromatic nitrogens is 1. The van der Waals surface area contributed by atoms with E-state index in [0.717, 1.165) is 48.1 Å². The Morgan fingerprint density at radius 2 is 1.81 bits per heavy atom. The maximum absolute atomic E-state index is 12.6. The third-order valence-corrected chi connectivity index (χ3v) is 5.43. The zero-order valence-electron chi connectivity index (χ0n) is 19.7. The molecule has 3 aromatic rings. The normalized spacial score (nSPS) is 11.1. The Morgan fingerprint density at radius 3 is 2.44 bits per heavy atom. The van der Waals surface area contributed by atoms with Crippen molar-refractivity contribution >= 4 is 11.5 Å². The fourth-order valence-electron chi connectivity index (χ4n) is 3.69. The number of anilines is 1. The molecule has 1 heterocycles. The molecule has 0 radical (unpaired) electrons. The highest BCUT2D eigenvalue weighted by atomic mass is 19.4. The molecule has 0 bridgehead atoms. The van der Waals surface area contributed by atoms with Crippen LogP contribution in [0.15, 0.2) is 60.7 Å². The van der Waals surface area contributed by atoms with E-state index in [9.17, 15) is 28.5 Å². The molecule has 0 spiro atoms. The van der Waals surface area contributed by atoms with E-state index in [2.05, 4.69) is 11.1 Å². The van der Waals surface area contributed by atoms with E-state index in [1.165, 1.54) is 0 Å². The molecular weight excluding hydrogens is 473 g/mol. The molecule has 0 unspecified atom stereocenters. The van der Waals surface area contributed by atoms with Crippen molar-refractivity contribution in [3.8, 4) is 23.1 Å². The second-order valence-corrected chi connectivity index (χ2v) is 8.14. The Balaban J connectivity index is 1.92. The second kappa shape index (κ2) is 12.0. The number of pyridine rings is 1. The number of halogens is 3. The molecule has 0 aliphatic heterocycles. The van der Waals surface area contributed by atoms with Gasteiger partial charge in [-0.15, -0.1) is 0 Å². The third kappa shape index (κ3) is 7.18. The van der Waals surface area contributed by atoms with Crippen molar-refractivity contribution in [2.45, 2.75) is 38.9 Å². The lowest BCUT2D eigenvalue weighted by molar-refractivity contribution is -0.384. The first kappa shape index (κ1) is 26.5. The van der Waals surface area contributed by atoms with Crippen molar-refractivity contribution in [2.75, 3.05) is 18.1 Å². The van der Waals surface area contributed by atoms with Crippen molar-refractivity contribution in [2.24, 2.45) is 0 Å². The lowest BCUT2D eigenvalue weighted by atomic mass is 9.99. The zero-order chi connectivity index (χ0) is 26.1. The first-order chi connectivity index (χ1) is 17.2. The topological polar surface area (TPSA) is 92.3 Å². The fraction of sp³-hybridized carbons (Fsp3) is 0.308. The molecule has 0 N–H and O–H groups in total. The predicted octanol–water partition coefficient (Wildman–Crippen LogP) is 6.67. The SMILES string of the molecule is CCCCCN(Cc1ccc(-c2ccccc2C#N)cc1)c1nc(OCC(F)(F)F)ccc1[N+](=O)[O-]. The van der Waals surface area contributed by atoms with Crippen LogP contribution >= 0.6 is 0 Å². The minimum Gasteiger partial charge on any atom is -0.468 e. The summed E-state index contributed by atoms with van der Waals surface area (Å²) in [7, 11) is 0. The van der Waals surface area contributed by atoms with Gasteiger partial charge in [0.2, 0.25) is 11.7 Å². The van der Waals surface area contributed by atoms with E-state index in [4.69, 9.17) is 4.74 Å². The monoisotopic (exact) mass is 498 g/mol. The summed E-state index contributed by atoms with van der Waals surface area (Å²) in [4.78, 5) is 16.9. The van der Waals surface area contributed by atoms with Gasteiger partial charge in [-0.2, -0.15) is 23.4 Å². The molecule has 1 aromatic heterocycles. The molecule has 36 heavy (non-hydrogen) atoms. The smallest absolute Gasteiger partial charge is 0.422 e. The average Bonchev–Trinajstić information content (AvgIpc) is 2.86. The largest absolute Gasteiger partial charge is 0.468 e. The van der Waals surface area contributed by atoms with E-state index in [1.807, 2.05) is 43.3 Å². The molecule has 0 fully saturated rings. The van der Waals surface area contributed by atoms with Crippen LogP contribution in [-0.2, 0) is 6.54 Å². The van der Waals surface area contributed by atoms with Gasteiger partial charge in [0.15, 0.2) is 6.61 Å².